The molecule has 7 heteroatoms. The third kappa shape index (κ3) is 3.78. The summed E-state index contributed by atoms with van der Waals surface area (Å²) in [7, 11) is 0. The van der Waals surface area contributed by atoms with Gasteiger partial charge in [0.15, 0.2) is 6.61 Å². The zero-order chi connectivity index (χ0) is 20.5. The van der Waals surface area contributed by atoms with Crippen molar-refractivity contribution in [2.75, 3.05) is 13.2 Å². The van der Waals surface area contributed by atoms with E-state index >= 15 is 0 Å². The van der Waals surface area contributed by atoms with Crippen LogP contribution in [0.3, 0.4) is 0 Å². The van der Waals surface area contributed by atoms with Crippen LogP contribution in [0.1, 0.15) is 44.2 Å². The minimum absolute atomic E-state index is 0.0327. The van der Waals surface area contributed by atoms with Crippen molar-refractivity contribution in [2.24, 2.45) is 23.7 Å². The van der Waals surface area contributed by atoms with Crippen molar-refractivity contribution in [1.82, 2.24) is 10.2 Å². The van der Waals surface area contributed by atoms with Crippen LogP contribution in [0.25, 0.3) is 0 Å². The number of fused-ring (bicyclic) bond motifs is 5. The maximum absolute atomic E-state index is 12.6. The van der Waals surface area contributed by atoms with Crippen LogP contribution in [0.4, 0.5) is 0 Å². The van der Waals surface area contributed by atoms with Crippen LogP contribution in [-0.4, -0.2) is 41.7 Å². The van der Waals surface area contributed by atoms with Gasteiger partial charge in [0.25, 0.3) is 5.91 Å². The second kappa shape index (κ2) is 7.97. The van der Waals surface area contributed by atoms with Gasteiger partial charge in [0, 0.05) is 6.54 Å². The number of hydrogen-bond acceptors (Lipinski definition) is 5. The first-order chi connectivity index (χ1) is 14.0. The number of imide groups is 1. The lowest BCUT2D eigenvalue weighted by Gasteiger charge is -2.19. The maximum atomic E-state index is 12.6. The minimum atomic E-state index is -0.590. The summed E-state index contributed by atoms with van der Waals surface area (Å²) in [5.41, 5.74) is 0.956. The molecule has 3 fully saturated rings. The number of amides is 3. The van der Waals surface area contributed by atoms with E-state index in [1.165, 1.54) is 4.90 Å². The molecule has 2 aliphatic carbocycles. The second-order valence-electron chi connectivity index (χ2n) is 8.32. The number of ether oxygens (including phenoxy) is 1. The Bertz CT molecular complexity index is 796. The first kappa shape index (κ1) is 19.6. The summed E-state index contributed by atoms with van der Waals surface area (Å²) in [4.78, 5) is 50.5. The molecule has 1 aromatic carbocycles. The van der Waals surface area contributed by atoms with E-state index in [2.05, 4.69) is 5.32 Å². The molecule has 1 saturated heterocycles. The smallest absolute Gasteiger partial charge is 0.308 e. The number of hydrogen-bond donors (Lipinski definition) is 1. The lowest BCUT2D eigenvalue weighted by molar-refractivity contribution is -0.150. The van der Waals surface area contributed by atoms with E-state index in [0.29, 0.717) is 11.8 Å². The zero-order valence-electron chi connectivity index (χ0n) is 16.5. The Kier molecular flexibility index (Phi) is 5.39. The summed E-state index contributed by atoms with van der Waals surface area (Å²) in [6.07, 6.45) is 2.95. The quantitative estimate of drug-likeness (QED) is 0.559. The molecule has 3 amide bonds. The van der Waals surface area contributed by atoms with Gasteiger partial charge in [-0.2, -0.15) is 0 Å². The Balaban J connectivity index is 1.21. The van der Waals surface area contributed by atoms with Gasteiger partial charge in [-0.25, -0.2) is 0 Å². The van der Waals surface area contributed by atoms with E-state index in [-0.39, 0.29) is 49.3 Å². The van der Waals surface area contributed by atoms with Crippen LogP contribution in [0.2, 0.25) is 0 Å². The molecule has 1 aromatic rings. The van der Waals surface area contributed by atoms with Crippen LogP contribution >= 0.6 is 0 Å². The highest BCUT2D eigenvalue weighted by Crippen LogP contribution is 2.56. The molecule has 4 rings (SSSR count). The molecule has 2 bridgehead atoms. The number of carbonyl (C=O) groups is 4. The predicted molar refractivity (Wildman–Crippen MR) is 103 cm³/mol. The van der Waals surface area contributed by atoms with Crippen molar-refractivity contribution in [3.8, 4) is 0 Å². The lowest BCUT2D eigenvalue weighted by atomic mass is 9.81. The van der Waals surface area contributed by atoms with E-state index < -0.39 is 11.9 Å². The highest BCUT2D eigenvalue weighted by atomic mass is 16.5. The monoisotopic (exact) mass is 398 g/mol. The fourth-order valence-corrected chi connectivity index (χ4v) is 5.22. The van der Waals surface area contributed by atoms with Crippen molar-refractivity contribution in [3.05, 3.63) is 35.9 Å². The van der Waals surface area contributed by atoms with Crippen molar-refractivity contribution >= 4 is 23.7 Å². The summed E-state index contributed by atoms with van der Waals surface area (Å²) in [5, 5.41) is 2.77. The summed E-state index contributed by atoms with van der Waals surface area (Å²) in [6.45, 7) is 1.50. The molecule has 154 valence electrons. The lowest BCUT2D eigenvalue weighted by Crippen LogP contribution is -2.35. The van der Waals surface area contributed by atoms with Crippen molar-refractivity contribution < 1.29 is 23.9 Å². The third-order valence-electron chi connectivity index (χ3n) is 6.60. The van der Waals surface area contributed by atoms with E-state index in [4.69, 9.17) is 4.74 Å². The van der Waals surface area contributed by atoms with Crippen LogP contribution in [0.5, 0.6) is 0 Å². The number of carbonyl (C=O) groups excluding carboxylic acids is 4. The number of rotatable bonds is 7. The van der Waals surface area contributed by atoms with Gasteiger partial charge in [-0.15, -0.1) is 0 Å². The van der Waals surface area contributed by atoms with Crippen LogP contribution in [0.15, 0.2) is 30.3 Å². The van der Waals surface area contributed by atoms with E-state index in [0.717, 1.165) is 24.8 Å². The van der Waals surface area contributed by atoms with Crippen LogP contribution in [-0.2, 0) is 23.9 Å². The van der Waals surface area contributed by atoms with Gasteiger partial charge in [-0.05, 0) is 43.6 Å². The molecule has 1 heterocycles. The SMILES string of the molecule is C[C@H](NC(=O)COC(=O)CCN1C(=O)[C@@H]2[C@H]3CC[C@@H](C3)[C@H]2C1=O)c1ccccc1. The average Bonchev–Trinajstić information content (AvgIpc) is 3.40. The molecular weight excluding hydrogens is 372 g/mol. The maximum Gasteiger partial charge on any atom is 0.308 e. The van der Waals surface area contributed by atoms with Crippen molar-refractivity contribution in [2.45, 2.75) is 38.6 Å². The zero-order valence-corrected chi connectivity index (χ0v) is 16.5. The first-order valence-electron chi connectivity index (χ1n) is 10.3. The number of likely N-dealkylation sites (tertiary alicyclic amines) is 1. The highest BCUT2D eigenvalue weighted by Gasteiger charge is 2.60. The van der Waals surface area contributed by atoms with Crippen LogP contribution in [0, 0.1) is 23.7 Å². The molecule has 7 nitrogen and oxygen atoms in total. The number of nitrogens with zero attached hydrogens (tertiary/aromatic N) is 1. The van der Waals surface area contributed by atoms with Gasteiger partial charge in [0.1, 0.15) is 0 Å². The fourth-order valence-electron chi connectivity index (χ4n) is 5.22. The Morgan fingerprint density at radius 2 is 1.72 bits per heavy atom. The summed E-state index contributed by atoms with van der Waals surface area (Å²) >= 11 is 0. The summed E-state index contributed by atoms with van der Waals surface area (Å²) < 4.78 is 5.02. The van der Waals surface area contributed by atoms with Gasteiger partial charge in [-0.3, -0.25) is 24.1 Å². The van der Waals surface area contributed by atoms with E-state index in [9.17, 15) is 19.2 Å². The molecule has 2 saturated carbocycles. The highest BCUT2D eigenvalue weighted by molar-refractivity contribution is 6.06. The van der Waals surface area contributed by atoms with Gasteiger partial charge < -0.3 is 10.1 Å². The molecule has 1 N–H and O–H groups in total. The van der Waals surface area contributed by atoms with Crippen molar-refractivity contribution in [3.63, 3.8) is 0 Å². The van der Waals surface area contributed by atoms with E-state index in [1.807, 2.05) is 37.3 Å². The molecule has 0 radical (unpaired) electrons. The molecule has 0 spiro atoms. The standard InChI is InChI=1S/C22H26N2O5/c1-13(14-5-3-2-4-6-14)23-17(25)12-29-18(26)9-10-24-21(27)19-15-7-8-16(11-15)20(19)22(24)28/h2-6,13,15-16,19-20H,7-12H2,1H3,(H,23,25)/t13-,15-,16-,19+,20+/m0/s1. The molecule has 29 heavy (non-hydrogen) atoms. The van der Waals surface area contributed by atoms with E-state index in [1.54, 1.807) is 0 Å². The predicted octanol–water partition coefficient (Wildman–Crippen LogP) is 1.83. The fraction of sp³-hybridized carbons (Fsp3) is 0.545. The molecular formula is C22H26N2O5. The third-order valence-corrected chi connectivity index (χ3v) is 6.60. The summed E-state index contributed by atoms with van der Waals surface area (Å²) in [6, 6.07) is 9.28. The average molecular weight is 398 g/mol. The van der Waals surface area contributed by atoms with Crippen LogP contribution < -0.4 is 5.32 Å². The first-order valence-corrected chi connectivity index (χ1v) is 10.3. The Labute approximate surface area is 169 Å². The molecule has 1 aliphatic heterocycles. The number of nitrogens with one attached hydrogen (secondary N) is 1. The van der Waals surface area contributed by atoms with Crippen molar-refractivity contribution in [1.29, 1.82) is 0 Å². The summed E-state index contributed by atoms with van der Waals surface area (Å²) in [5.74, 6) is -0.946. The van der Waals surface area contributed by atoms with Gasteiger partial charge in [-0.1, -0.05) is 30.3 Å². The van der Waals surface area contributed by atoms with Gasteiger partial charge in [0.2, 0.25) is 11.8 Å². The van der Waals surface area contributed by atoms with Gasteiger partial charge >= 0.3 is 5.97 Å². The molecule has 0 unspecified atom stereocenters. The topological polar surface area (TPSA) is 92.8 Å². The second-order valence-corrected chi connectivity index (χ2v) is 8.32. The number of benzene rings is 1. The largest absolute Gasteiger partial charge is 0.456 e. The molecule has 0 aromatic heterocycles. The Morgan fingerprint density at radius 1 is 1.10 bits per heavy atom. The number of esters is 1. The minimum Gasteiger partial charge on any atom is -0.456 e. The normalized spacial score (nSPS) is 28.4. The van der Waals surface area contributed by atoms with Gasteiger partial charge in [0.05, 0.1) is 24.3 Å². The molecule has 3 aliphatic rings. The Morgan fingerprint density at radius 3 is 2.34 bits per heavy atom. The molecule has 5 atom stereocenters. The Hall–Kier alpha value is -2.70.